The largest absolute Gasteiger partial charge is 0.319 e. The number of fused-ring (bicyclic) bond motifs is 1. The van der Waals surface area contributed by atoms with Crippen molar-refractivity contribution < 1.29 is 4.57 Å². The quantitative estimate of drug-likeness (QED) is 0.609. The first-order valence-corrected chi connectivity index (χ1v) is 5.33. The van der Waals surface area contributed by atoms with Crippen LogP contribution in [0, 0.1) is 0 Å². The Morgan fingerprint density at radius 2 is 2.46 bits per heavy atom. The first-order valence-electron chi connectivity index (χ1n) is 4.11. The SMILES string of the molecule is CSC1=NCN(C)c2[nH]c[n+](C)c21. The summed E-state index contributed by atoms with van der Waals surface area (Å²) < 4.78 is 2.07. The van der Waals surface area contributed by atoms with Crippen LogP contribution in [0.5, 0.6) is 0 Å². The number of aliphatic imine (C=N–C) groups is 1. The summed E-state index contributed by atoms with van der Waals surface area (Å²) in [6.45, 7) is 0.740. The molecule has 1 aliphatic heterocycles. The van der Waals surface area contributed by atoms with Crippen molar-refractivity contribution in [2.24, 2.45) is 12.0 Å². The predicted molar refractivity (Wildman–Crippen MR) is 55.3 cm³/mol. The zero-order chi connectivity index (χ0) is 9.42. The summed E-state index contributed by atoms with van der Waals surface area (Å²) >= 11 is 1.69. The standard InChI is InChI=1S/C8H12N4S/c1-11-4-9-7-6(11)8(13-3)10-5-12(7)2/h4H,5H2,1-3H3/p+1. The second-order valence-electron chi connectivity index (χ2n) is 3.09. The Morgan fingerprint density at radius 3 is 3.15 bits per heavy atom. The van der Waals surface area contributed by atoms with Crippen LogP contribution in [-0.4, -0.2) is 30.0 Å². The predicted octanol–water partition coefficient (Wildman–Crippen LogP) is 0.356. The minimum Gasteiger partial charge on any atom is -0.319 e. The van der Waals surface area contributed by atoms with Gasteiger partial charge in [-0.1, -0.05) is 0 Å². The molecule has 0 amide bonds. The molecule has 2 rings (SSSR count). The maximum atomic E-state index is 4.47. The van der Waals surface area contributed by atoms with Crippen LogP contribution in [0.4, 0.5) is 5.82 Å². The summed E-state index contributed by atoms with van der Waals surface area (Å²) in [6, 6.07) is 0. The van der Waals surface area contributed by atoms with E-state index >= 15 is 0 Å². The lowest BCUT2D eigenvalue weighted by atomic mass is 10.4. The molecule has 1 aromatic rings. The first-order chi connectivity index (χ1) is 6.24. The number of nitrogens with zero attached hydrogens (tertiary/aromatic N) is 3. The third-order valence-corrected chi connectivity index (χ3v) is 2.89. The number of aromatic nitrogens is 2. The van der Waals surface area contributed by atoms with Gasteiger partial charge in [0.05, 0.1) is 7.05 Å². The second-order valence-corrected chi connectivity index (χ2v) is 3.88. The van der Waals surface area contributed by atoms with Crippen molar-refractivity contribution >= 4 is 22.6 Å². The molecule has 2 heterocycles. The number of H-pyrrole nitrogens is 1. The zero-order valence-corrected chi connectivity index (χ0v) is 8.85. The fraction of sp³-hybridized carbons (Fsp3) is 0.500. The van der Waals surface area contributed by atoms with Crippen molar-refractivity contribution in [1.82, 2.24) is 4.98 Å². The summed E-state index contributed by atoms with van der Waals surface area (Å²) in [4.78, 5) is 9.81. The van der Waals surface area contributed by atoms with Gasteiger partial charge in [0.15, 0.2) is 0 Å². The molecule has 13 heavy (non-hydrogen) atoms. The van der Waals surface area contributed by atoms with Crippen LogP contribution in [0.3, 0.4) is 0 Å². The van der Waals surface area contributed by atoms with Gasteiger partial charge in [0, 0.05) is 7.05 Å². The summed E-state index contributed by atoms with van der Waals surface area (Å²) in [5, 5.41) is 1.11. The molecule has 0 radical (unpaired) electrons. The molecule has 1 N–H and O–H groups in total. The Kier molecular flexibility index (Phi) is 2.03. The molecule has 0 fully saturated rings. The Labute approximate surface area is 81.7 Å². The van der Waals surface area contributed by atoms with E-state index in [9.17, 15) is 0 Å². The maximum Gasteiger partial charge on any atom is 0.246 e. The molecule has 0 saturated heterocycles. The molecule has 0 atom stereocenters. The maximum absolute atomic E-state index is 4.47. The van der Waals surface area contributed by atoms with Crippen LogP contribution >= 0.6 is 11.8 Å². The molecule has 4 nitrogen and oxygen atoms in total. The topological polar surface area (TPSA) is 35.3 Å². The zero-order valence-electron chi connectivity index (χ0n) is 8.03. The highest BCUT2D eigenvalue weighted by Crippen LogP contribution is 2.22. The van der Waals surface area contributed by atoms with E-state index in [1.165, 1.54) is 5.69 Å². The number of aromatic amines is 1. The molecule has 0 aromatic carbocycles. The van der Waals surface area contributed by atoms with Gasteiger partial charge in [-0.2, -0.15) is 0 Å². The molecular formula is C8H13N4S+. The van der Waals surface area contributed by atoms with Crippen LogP contribution in [0.1, 0.15) is 5.69 Å². The molecule has 70 valence electrons. The number of hydrogen-bond acceptors (Lipinski definition) is 3. The highest BCUT2D eigenvalue weighted by Gasteiger charge is 2.26. The van der Waals surface area contributed by atoms with E-state index < -0.39 is 0 Å². The monoisotopic (exact) mass is 197 g/mol. The van der Waals surface area contributed by atoms with Crippen molar-refractivity contribution in [3.05, 3.63) is 12.0 Å². The fourth-order valence-electron chi connectivity index (χ4n) is 1.48. The third kappa shape index (κ3) is 1.23. The Balaban J connectivity index is 2.55. The number of thioether (sulfide) groups is 1. The smallest absolute Gasteiger partial charge is 0.246 e. The minimum absolute atomic E-state index is 0.740. The number of hydrogen-bond donors (Lipinski definition) is 1. The van der Waals surface area contributed by atoms with Gasteiger partial charge >= 0.3 is 0 Å². The molecule has 1 aliphatic rings. The summed E-state index contributed by atoms with van der Waals surface area (Å²) in [7, 11) is 4.07. The van der Waals surface area contributed by atoms with Crippen LogP contribution in [0.25, 0.3) is 0 Å². The van der Waals surface area contributed by atoms with E-state index in [0.717, 1.165) is 17.5 Å². The van der Waals surface area contributed by atoms with E-state index in [4.69, 9.17) is 0 Å². The van der Waals surface area contributed by atoms with Crippen molar-refractivity contribution in [3.8, 4) is 0 Å². The number of nitrogens with one attached hydrogen (secondary N) is 1. The van der Waals surface area contributed by atoms with Gasteiger partial charge in [-0.15, -0.1) is 11.8 Å². The van der Waals surface area contributed by atoms with Crippen molar-refractivity contribution in [3.63, 3.8) is 0 Å². The Hall–Kier alpha value is -0.970. The summed E-state index contributed by atoms with van der Waals surface area (Å²) in [6.07, 6.45) is 4.01. The fourth-order valence-corrected chi connectivity index (χ4v) is 2.10. The lowest BCUT2D eigenvalue weighted by Crippen LogP contribution is -2.36. The summed E-state index contributed by atoms with van der Waals surface area (Å²) in [5.74, 6) is 1.15. The number of imidazole rings is 1. The second kappa shape index (κ2) is 3.06. The van der Waals surface area contributed by atoms with Crippen LogP contribution < -0.4 is 9.47 Å². The van der Waals surface area contributed by atoms with Gasteiger partial charge in [-0.3, -0.25) is 4.99 Å². The Bertz CT molecular complexity index is 355. The van der Waals surface area contributed by atoms with E-state index in [0.29, 0.717) is 0 Å². The average Bonchev–Trinajstić information content (AvgIpc) is 2.51. The lowest BCUT2D eigenvalue weighted by molar-refractivity contribution is -0.670. The molecule has 0 bridgehead atoms. The van der Waals surface area contributed by atoms with Gasteiger partial charge < -0.3 is 4.90 Å². The van der Waals surface area contributed by atoms with Gasteiger partial charge in [-0.05, 0) is 6.26 Å². The number of aryl methyl sites for hydroxylation is 1. The molecule has 0 saturated carbocycles. The molecule has 0 aliphatic carbocycles. The van der Waals surface area contributed by atoms with Crippen molar-refractivity contribution in [2.45, 2.75) is 0 Å². The molecule has 5 heteroatoms. The van der Waals surface area contributed by atoms with Gasteiger partial charge in [0.1, 0.15) is 11.7 Å². The highest BCUT2D eigenvalue weighted by molar-refractivity contribution is 8.13. The van der Waals surface area contributed by atoms with Gasteiger partial charge in [-0.25, -0.2) is 9.55 Å². The van der Waals surface area contributed by atoms with E-state index in [1.807, 2.05) is 20.4 Å². The average molecular weight is 197 g/mol. The van der Waals surface area contributed by atoms with Crippen LogP contribution in [0.15, 0.2) is 11.3 Å². The molecule has 0 unspecified atom stereocenters. The van der Waals surface area contributed by atoms with E-state index in [1.54, 1.807) is 11.8 Å². The molecule has 0 spiro atoms. The molecular weight excluding hydrogens is 184 g/mol. The Morgan fingerprint density at radius 1 is 1.69 bits per heavy atom. The van der Waals surface area contributed by atoms with Crippen LogP contribution in [0.2, 0.25) is 0 Å². The first kappa shape index (κ1) is 8.62. The van der Waals surface area contributed by atoms with Crippen molar-refractivity contribution in [1.29, 1.82) is 0 Å². The summed E-state index contributed by atoms with van der Waals surface area (Å²) in [5.41, 5.74) is 1.18. The van der Waals surface area contributed by atoms with Crippen LogP contribution in [-0.2, 0) is 7.05 Å². The number of rotatable bonds is 0. The van der Waals surface area contributed by atoms with E-state index in [2.05, 4.69) is 25.7 Å². The van der Waals surface area contributed by atoms with Gasteiger partial charge in [0.25, 0.3) is 0 Å². The van der Waals surface area contributed by atoms with Gasteiger partial charge in [0.2, 0.25) is 17.8 Å². The third-order valence-electron chi connectivity index (χ3n) is 2.18. The number of anilines is 1. The molecule has 1 aromatic heterocycles. The lowest BCUT2D eigenvalue weighted by Gasteiger charge is -2.18. The van der Waals surface area contributed by atoms with Crippen molar-refractivity contribution in [2.75, 3.05) is 24.9 Å². The van der Waals surface area contributed by atoms with E-state index in [-0.39, 0.29) is 0 Å². The minimum atomic E-state index is 0.740. The normalized spacial score (nSPS) is 15.6. The highest BCUT2D eigenvalue weighted by atomic mass is 32.2.